The normalized spacial score (nSPS) is 16.2. The van der Waals surface area contributed by atoms with Gasteiger partial charge in [-0.15, -0.1) is 22.1 Å². The van der Waals surface area contributed by atoms with Gasteiger partial charge in [-0.1, -0.05) is 142 Å². The quantitative estimate of drug-likeness (QED) is 0.0402. The van der Waals surface area contributed by atoms with Crippen LogP contribution in [0.4, 0.5) is 0 Å². The molecule has 6 aliphatic heterocycles. The number of benzene rings is 8. The van der Waals surface area contributed by atoms with E-state index < -0.39 is 53.7 Å². The van der Waals surface area contributed by atoms with Gasteiger partial charge in [-0.2, -0.15) is 0 Å². The maximum absolute atomic E-state index is 11.8. The number of aliphatic imine (C=N–C) groups is 2. The predicted molar refractivity (Wildman–Crippen MR) is 465 cm³/mol. The van der Waals surface area contributed by atoms with Gasteiger partial charge in [0.05, 0.1) is 102 Å². The van der Waals surface area contributed by atoms with E-state index in [2.05, 4.69) is 10.3 Å². The second-order valence-corrected chi connectivity index (χ2v) is 28.3. The van der Waals surface area contributed by atoms with Crippen LogP contribution in [0.2, 0.25) is 0 Å². The van der Waals surface area contributed by atoms with Gasteiger partial charge in [-0.3, -0.25) is 4.99 Å². The molecule has 123 heavy (non-hydrogen) atoms. The summed E-state index contributed by atoms with van der Waals surface area (Å²) in [7, 11) is 0. The SMILES string of the molecule is C.C.O=C(O)c1ccc(-c2c3nc(c(-c4ccc(C(=O)O)cc4)c4ccc([n-]4)c(-c4ccc(C(=O)O)cc4)c4nc(c(-c5ccc(C(=O)O)cc5)c5ccc2[n-]5)C=C4)C=C3)cc1.O=C(O)c1ccc(/C2=C3\C=CC(N3)C(c3ccc(C(=O)O)cc3)C3=N/C(=C(/c4ccc(C(=O)O)cc4)c4ccc([nH]4)/C(c4ccc(C(=O)O)cc4)=C4/C=CC2=N4)C=C3)cc1.[Zn+2]. The number of allylic oxidation sites excluding steroid dienone is 6. The number of aromatic nitrogens is 5. The predicted octanol–water partition coefficient (Wildman–Crippen LogP) is 18.7. The molecule has 24 nitrogen and oxygen atoms in total. The van der Waals surface area contributed by atoms with Crippen molar-refractivity contribution in [3.05, 3.63) is 385 Å². The van der Waals surface area contributed by atoms with Crippen molar-refractivity contribution < 1.29 is 98.7 Å². The molecule has 2 unspecified atom stereocenters. The van der Waals surface area contributed by atoms with E-state index in [1.807, 2.05) is 97.2 Å². The molecule has 0 fully saturated rings. The number of nitrogens with zero attached hydrogens (tertiary/aromatic N) is 6. The zero-order valence-electron chi connectivity index (χ0n) is 63.1. The van der Waals surface area contributed by atoms with Gasteiger partial charge in [0, 0.05) is 33.8 Å². The minimum Gasteiger partial charge on any atom is -0.657 e. The number of carboxylic acids is 8. The first kappa shape index (κ1) is 83.1. The molecule has 10 heterocycles. The summed E-state index contributed by atoms with van der Waals surface area (Å²) >= 11 is 0. The van der Waals surface area contributed by atoms with Crippen LogP contribution in [0.15, 0.2) is 294 Å². The molecule has 0 saturated heterocycles. The van der Waals surface area contributed by atoms with Gasteiger partial charge in [0.2, 0.25) is 0 Å². The van der Waals surface area contributed by atoms with Crippen molar-refractivity contribution in [1.29, 1.82) is 0 Å². The fourth-order valence-corrected chi connectivity index (χ4v) is 15.3. The van der Waals surface area contributed by atoms with Gasteiger partial charge in [0.25, 0.3) is 0 Å². The van der Waals surface area contributed by atoms with Crippen LogP contribution < -0.4 is 15.3 Å². The number of carbonyl (C=O) groups is 8. The molecule has 8 aromatic carbocycles. The van der Waals surface area contributed by atoms with Crippen LogP contribution in [0, 0.1) is 0 Å². The van der Waals surface area contributed by atoms with Crippen molar-refractivity contribution in [3.8, 4) is 44.5 Å². The Bertz CT molecular complexity index is 6520. The van der Waals surface area contributed by atoms with E-state index in [9.17, 15) is 79.2 Å². The summed E-state index contributed by atoms with van der Waals surface area (Å²) in [6.07, 6.45) is 18.9. The Balaban J connectivity index is 0.000000196. The van der Waals surface area contributed by atoms with E-state index in [-0.39, 0.29) is 84.9 Å². The number of aromatic carboxylic acids is 8. The molecule has 0 aliphatic carbocycles. The van der Waals surface area contributed by atoms with E-state index in [1.54, 1.807) is 109 Å². The summed E-state index contributed by atoms with van der Waals surface area (Å²) in [5.74, 6) is -8.95. The maximum atomic E-state index is 11.8. The number of aromatic amines is 1. The molecule has 25 heteroatoms. The molecular weight excluding hydrogens is 1610 g/mol. The van der Waals surface area contributed by atoms with E-state index in [1.165, 1.54) is 84.9 Å². The molecule has 0 spiro atoms. The van der Waals surface area contributed by atoms with Gasteiger partial charge < -0.3 is 61.1 Å². The molecule has 2 atom stereocenters. The molecule has 0 radical (unpaired) electrons. The van der Waals surface area contributed by atoms with Crippen LogP contribution in [0.25, 0.3) is 108 Å². The van der Waals surface area contributed by atoms with Crippen molar-refractivity contribution in [2.75, 3.05) is 0 Å². The minimum atomic E-state index is -1.07. The van der Waals surface area contributed by atoms with Gasteiger partial charge in [-0.25, -0.2) is 53.3 Å². The van der Waals surface area contributed by atoms with Gasteiger partial charge in [-0.05, 0) is 231 Å². The van der Waals surface area contributed by atoms with Crippen LogP contribution in [-0.4, -0.2) is 121 Å². The summed E-state index contributed by atoms with van der Waals surface area (Å²) in [6, 6.07) is 62.7. The Morgan fingerprint density at radius 2 is 0.569 bits per heavy atom. The van der Waals surface area contributed by atoms with Gasteiger partial charge in [0.15, 0.2) is 0 Å². The number of rotatable bonds is 16. The summed E-state index contributed by atoms with van der Waals surface area (Å²) < 4.78 is 0. The van der Waals surface area contributed by atoms with Crippen molar-refractivity contribution in [2.24, 2.45) is 9.98 Å². The molecule has 0 amide bonds. The number of H-pyrrole nitrogens is 1. The van der Waals surface area contributed by atoms with Crippen molar-refractivity contribution in [1.82, 2.24) is 30.2 Å². The first-order valence-corrected chi connectivity index (χ1v) is 37.2. The van der Waals surface area contributed by atoms with Crippen molar-refractivity contribution >= 4 is 122 Å². The third kappa shape index (κ3) is 16.3. The van der Waals surface area contributed by atoms with E-state index in [0.717, 1.165) is 5.56 Å². The minimum absolute atomic E-state index is 0. The Morgan fingerprint density at radius 1 is 0.293 bits per heavy atom. The zero-order valence-corrected chi connectivity index (χ0v) is 66.1. The first-order valence-electron chi connectivity index (χ1n) is 37.2. The van der Waals surface area contributed by atoms with Crippen LogP contribution in [-0.2, 0) is 19.5 Å². The van der Waals surface area contributed by atoms with E-state index in [4.69, 9.17) is 29.9 Å². The van der Waals surface area contributed by atoms with Gasteiger partial charge in [0.1, 0.15) is 0 Å². The van der Waals surface area contributed by atoms with Crippen LogP contribution >= 0.6 is 0 Å². The molecule has 6 aliphatic rings. The van der Waals surface area contributed by atoms with Crippen molar-refractivity contribution in [3.63, 3.8) is 0 Å². The summed E-state index contributed by atoms with van der Waals surface area (Å²) in [5, 5.41) is 81.1. The smallest absolute Gasteiger partial charge is 0.657 e. The molecule has 12 aromatic rings. The van der Waals surface area contributed by atoms with Gasteiger partial charge >= 0.3 is 67.2 Å². The number of fused-ring (bicyclic) bond motifs is 14. The van der Waals surface area contributed by atoms with Crippen LogP contribution in [0.3, 0.4) is 0 Å². The average Bonchev–Trinajstić information content (AvgIpc) is 1.62. The molecule has 0 saturated carbocycles. The average molecular weight is 1680 g/mol. The number of nitrogens with one attached hydrogen (secondary N) is 2. The van der Waals surface area contributed by atoms with Crippen molar-refractivity contribution in [2.45, 2.75) is 26.8 Å². The molecule has 16 bridgehead atoms. The topological polar surface area (TPSA) is 405 Å². The first-order chi connectivity index (χ1) is 58.0. The number of hydrogen-bond acceptors (Lipinski definition) is 13. The number of carboxylic acid groups (broad SMARTS) is 8. The largest absolute Gasteiger partial charge is 2.00 e. The molecule has 10 N–H and O–H groups in total. The summed E-state index contributed by atoms with van der Waals surface area (Å²) in [5.41, 5.74) is 19.5. The Kier molecular flexibility index (Phi) is 23.2. The molecule has 4 aromatic heterocycles. The zero-order chi connectivity index (χ0) is 83.3. The fraction of sp³-hybridized carbons (Fsp3) is 0.0408. The Morgan fingerprint density at radius 3 is 0.878 bits per heavy atom. The standard InChI is InChI=1S/C48H32N4O8.C48H30N4O8.2CH4.Zn/c2*53-45(54)29-9-1-25(2-10-29)41-33-17-19-35(49-33)42(26-3-11-30(12-4-26)46(55)56)37-21-23-39(51-37)44(28-7-15-32(16-8-28)48(59)60)40-24-22-38(52-40)43(36-20-18-34(41)50-36)27-5-13-31(14-6-27)47(57)58;;;/h1-24,33,41,49,52H,(H,53,54)(H,55,56)(H,57,58)(H,59,60);1-24H,(H6,49,50,51,52,53,54,55,56,57,58,59,60);2*1H4;/q;;;;+2/p-2/b42-35-,43-36-,44-39-;;;;. The molecular formula is C98H68N8O16Zn. The summed E-state index contributed by atoms with van der Waals surface area (Å²) in [6.45, 7) is 0. The van der Waals surface area contributed by atoms with Crippen LogP contribution in [0.5, 0.6) is 0 Å². The Hall–Kier alpha value is -16.4. The second kappa shape index (κ2) is 34.3. The van der Waals surface area contributed by atoms with E-state index >= 15 is 0 Å². The van der Waals surface area contributed by atoms with E-state index in [0.29, 0.717) is 163 Å². The second-order valence-electron chi connectivity index (χ2n) is 28.3. The van der Waals surface area contributed by atoms with Crippen LogP contribution in [0.1, 0.15) is 160 Å². The molecule has 18 rings (SSSR count). The third-order valence-electron chi connectivity index (χ3n) is 21.1. The fourth-order valence-electron chi connectivity index (χ4n) is 15.3. The summed E-state index contributed by atoms with van der Waals surface area (Å²) in [4.78, 5) is 129. The third-order valence-corrected chi connectivity index (χ3v) is 21.1. The molecule has 598 valence electrons. The monoisotopic (exact) mass is 1680 g/mol. The maximum Gasteiger partial charge on any atom is 2.00 e. The number of hydrogen-bond donors (Lipinski definition) is 10. The Labute approximate surface area is 713 Å².